The quantitative estimate of drug-likeness (QED) is 0.645. The number of anilines is 2. The number of benzene rings is 1. The number of pyridine rings is 1. The van der Waals surface area contributed by atoms with Crippen LogP contribution in [0.25, 0.3) is 0 Å². The van der Waals surface area contributed by atoms with Gasteiger partial charge in [-0.2, -0.15) is 0 Å². The van der Waals surface area contributed by atoms with Gasteiger partial charge < -0.3 is 11.1 Å². The van der Waals surface area contributed by atoms with Crippen LogP contribution in [0.2, 0.25) is 5.15 Å². The molecule has 5 heteroatoms. The molecule has 0 saturated heterocycles. The van der Waals surface area contributed by atoms with Crippen molar-refractivity contribution in [3.8, 4) is 0 Å². The second kappa shape index (κ2) is 5.06. The van der Waals surface area contributed by atoms with E-state index in [1.807, 2.05) is 6.92 Å². The largest absolute Gasteiger partial charge is 0.399 e. The number of aryl methyl sites for hydroxylation is 1. The van der Waals surface area contributed by atoms with Crippen LogP contribution in [0.1, 0.15) is 15.9 Å². The summed E-state index contributed by atoms with van der Waals surface area (Å²) in [5.41, 5.74) is 8.08. The van der Waals surface area contributed by atoms with E-state index in [4.69, 9.17) is 17.3 Å². The van der Waals surface area contributed by atoms with Crippen molar-refractivity contribution < 1.29 is 4.79 Å². The molecule has 18 heavy (non-hydrogen) atoms. The molecule has 0 spiro atoms. The molecule has 0 aliphatic heterocycles. The van der Waals surface area contributed by atoms with E-state index in [1.54, 1.807) is 30.3 Å². The zero-order chi connectivity index (χ0) is 13.1. The van der Waals surface area contributed by atoms with E-state index in [2.05, 4.69) is 10.3 Å². The number of hydrogen-bond acceptors (Lipinski definition) is 3. The van der Waals surface area contributed by atoms with Gasteiger partial charge in [0.2, 0.25) is 0 Å². The molecule has 3 N–H and O–H groups in total. The zero-order valence-electron chi connectivity index (χ0n) is 9.77. The molecule has 1 aromatic carbocycles. The summed E-state index contributed by atoms with van der Waals surface area (Å²) in [6, 6.07) is 8.54. The molecule has 0 aliphatic rings. The Hall–Kier alpha value is -2.07. The Morgan fingerprint density at radius 3 is 2.83 bits per heavy atom. The van der Waals surface area contributed by atoms with Gasteiger partial charge in [0.25, 0.3) is 5.91 Å². The van der Waals surface area contributed by atoms with Gasteiger partial charge >= 0.3 is 0 Å². The van der Waals surface area contributed by atoms with E-state index < -0.39 is 0 Å². The van der Waals surface area contributed by atoms with Gasteiger partial charge in [0.15, 0.2) is 0 Å². The number of carbonyl (C=O) groups excluding carboxylic acids is 1. The van der Waals surface area contributed by atoms with Crippen molar-refractivity contribution in [1.82, 2.24) is 4.98 Å². The second-order valence-corrected chi connectivity index (χ2v) is 4.27. The smallest absolute Gasteiger partial charge is 0.255 e. The lowest BCUT2D eigenvalue weighted by Crippen LogP contribution is -2.12. The minimum atomic E-state index is -0.231. The molecule has 2 aromatic rings. The highest BCUT2D eigenvalue weighted by molar-refractivity contribution is 6.30. The molecule has 0 fully saturated rings. The molecule has 1 aromatic heterocycles. The Balaban J connectivity index is 2.18. The van der Waals surface area contributed by atoms with Gasteiger partial charge in [-0.25, -0.2) is 4.98 Å². The van der Waals surface area contributed by atoms with Crippen molar-refractivity contribution >= 4 is 28.9 Å². The van der Waals surface area contributed by atoms with E-state index in [0.29, 0.717) is 22.1 Å². The number of rotatable bonds is 2. The van der Waals surface area contributed by atoms with Crippen molar-refractivity contribution in [2.45, 2.75) is 6.92 Å². The molecule has 0 saturated carbocycles. The van der Waals surface area contributed by atoms with Crippen molar-refractivity contribution in [2.75, 3.05) is 11.1 Å². The van der Waals surface area contributed by atoms with Gasteiger partial charge in [-0.1, -0.05) is 17.7 Å². The van der Waals surface area contributed by atoms with Crippen LogP contribution < -0.4 is 11.1 Å². The Bertz CT molecular complexity index is 599. The summed E-state index contributed by atoms with van der Waals surface area (Å²) in [6.45, 7) is 1.82. The molecule has 0 atom stereocenters. The number of nitrogens with zero attached hydrogens (tertiary/aromatic N) is 1. The van der Waals surface area contributed by atoms with E-state index in [0.717, 1.165) is 5.56 Å². The van der Waals surface area contributed by atoms with Crippen LogP contribution in [-0.4, -0.2) is 10.9 Å². The average Bonchev–Trinajstić information content (AvgIpc) is 2.34. The summed E-state index contributed by atoms with van der Waals surface area (Å²) in [5.74, 6) is -0.231. The van der Waals surface area contributed by atoms with E-state index in [-0.39, 0.29) is 5.91 Å². The van der Waals surface area contributed by atoms with Crippen LogP contribution in [0.3, 0.4) is 0 Å². The molecule has 0 unspecified atom stereocenters. The highest BCUT2D eigenvalue weighted by atomic mass is 35.5. The van der Waals surface area contributed by atoms with E-state index >= 15 is 0 Å². The molecule has 92 valence electrons. The third kappa shape index (κ3) is 2.78. The first-order valence-electron chi connectivity index (χ1n) is 5.35. The lowest BCUT2D eigenvalue weighted by molar-refractivity contribution is 0.102. The second-order valence-electron chi connectivity index (χ2n) is 3.91. The maximum absolute atomic E-state index is 11.9. The topological polar surface area (TPSA) is 68.0 Å². The minimum absolute atomic E-state index is 0.231. The lowest BCUT2D eigenvalue weighted by Gasteiger charge is -2.06. The zero-order valence-corrected chi connectivity index (χ0v) is 10.5. The van der Waals surface area contributed by atoms with Gasteiger partial charge in [-0.05, 0) is 36.8 Å². The van der Waals surface area contributed by atoms with Crippen LogP contribution in [0.4, 0.5) is 11.4 Å². The molecule has 0 radical (unpaired) electrons. The number of amides is 1. The monoisotopic (exact) mass is 261 g/mol. The fourth-order valence-corrected chi connectivity index (χ4v) is 1.61. The van der Waals surface area contributed by atoms with Crippen LogP contribution in [0.5, 0.6) is 0 Å². The Morgan fingerprint density at radius 2 is 2.17 bits per heavy atom. The predicted molar refractivity (Wildman–Crippen MR) is 72.8 cm³/mol. The Kier molecular flexibility index (Phi) is 3.48. The fourth-order valence-electron chi connectivity index (χ4n) is 1.51. The summed E-state index contributed by atoms with van der Waals surface area (Å²) in [6.07, 6.45) is 1.51. The maximum Gasteiger partial charge on any atom is 0.255 e. The number of nitrogen functional groups attached to an aromatic ring is 1. The van der Waals surface area contributed by atoms with Gasteiger partial charge in [0.1, 0.15) is 5.15 Å². The van der Waals surface area contributed by atoms with Crippen LogP contribution in [0.15, 0.2) is 36.5 Å². The van der Waals surface area contributed by atoms with Crippen LogP contribution >= 0.6 is 11.6 Å². The minimum Gasteiger partial charge on any atom is -0.399 e. The third-order valence-electron chi connectivity index (χ3n) is 2.42. The van der Waals surface area contributed by atoms with Crippen LogP contribution in [0, 0.1) is 6.92 Å². The highest BCUT2D eigenvalue weighted by Crippen LogP contribution is 2.17. The molecule has 0 bridgehead atoms. The number of carbonyl (C=O) groups is 1. The van der Waals surface area contributed by atoms with Gasteiger partial charge in [0.05, 0.1) is 11.9 Å². The molecular weight excluding hydrogens is 250 g/mol. The number of nitrogens with one attached hydrogen (secondary N) is 1. The highest BCUT2D eigenvalue weighted by Gasteiger charge is 2.07. The normalized spacial score (nSPS) is 10.1. The van der Waals surface area contributed by atoms with Crippen molar-refractivity contribution in [2.24, 2.45) is 0 Å². The molecular formula is C13H12ClN3O. The first-order valence-corrected chi connectivity index (χ1v) is 5.73. The molecule has 4 nitrogen and oxygen atoms in total. The lowest BCUT2D eigenvalue weighted by atomic mass is 10.2. The Morgan fingerprint density at radius 1 is 1.39 bits per heavy atom. The number of aromatic nitrogens is 1. The summed E-state index contributed by atoms with van der Waals surface area (Å²) in [7, 11) is 0. The standard InChI is InChI=1S/C13H12ClN3O/c1-8-5-11(7-16-12(8)14)17-13(18)9-3-2-4-10(15)6-9/h2-7H,15H2,1H3,(H,17,18). The summed E-state index contributed by atoms with van der Waals surface area (Å²) in [5, 5.41) is 3.17. The van der Waals surface area contributed by atoms with Gasteiger partial charge in [0, 0.05) is 11.3 Å². The SMILES string of the molecule is Cc1cc(NC(=O)c2cccc(N)c2)cnc1Cl. The van der Waals surface area contributed by atoms with Crippen molar-refractivity contribution in [3.63, 3.8) is 0 Å². The third-order valence-corrected chi connectivity index (χ3v) is 2.82. The van der Waals surface area contributed by atoms with Crippen molar-refractivity contribution in [1.29, 1.82) is 0 Å². The van der Waals surface area contributed by atoms with Gasteiger partial charge in [-0.3, -0.25) is 4.79 Å². The summed E-state index contributed by atoms with van der Waals surface area (Å²) >= 11 is 5.81. The molecule has 2 rings (SSSR count). The molecule has 0 aliphatic carbocycles. The fraction of sp³-hybridized carbons (Fsp3) is 0.0769. The molecule has 1 heterocycles. The number of nitrogens with two attached hydrogens (primary N) is 1. The summed E-state index contributed by atoms with van der Waals surface area (Å²) in [4.78, 5) is 15.9. The number of hydrogen-bond donors (Lipinski definition) is 2. The first kappa shape index (κ1) is 12.4. The van der Waals surface area contributed by atoms with Crippen LogP contribution in [-0.2, 0) is 0 Å². The predicted octanol–water partition coefficient (Wildman–Crippen LogP) is 2.88. The summed E-state index contributed by atoms with van der Waals surface area (Å²) < 4.78 is 0. The van der Waals surface area contributed by atoms with E-state index in [1.165, 1.54) is 6.20 Å². The number of halogens is 1. The van der Waals surface area contributed by atoms with Crippen molar-refractivity contribution in [3.05, 3.63) is 52.8 Å². The van der Waals surface area contributed by atoms with Gasteiger partial charge in [-0.15, -0.1) is 0 Å². The first-order chi connectivity index (χ1) is 8.56. The average molecular weight is 262 g/mol. The molecule has 1 amide bonds. The van der Waals surface area contributed by atoms with E-state index in [9.17, 15) is 4.79 Å². The Labute approximate surface area is 110 Å². The maximum atomic E-state index is 11.9.